The third-order valence-corrected chi connectivity index (χ3v) is 5.22. The van der Waals surface area contributed by atoms with Crippen LogP contribution in [-0.4, -0.2) is 31.2 Å². The van der Waals surface area contributed by atoms with Gasteiger partial charge in [0.1, 0.15) is 0 Å². The van der Waals surface area contributed by atoms with Gasteiger partial charge in [-0.25, -0.2) is 0 Å². The molecule has 0 aliphatic rings. The first-order chi connectivity index (χ1) is 12.5. The van der Waals surface area contributed by atoms with Crippen LogP contribution < -0.4 is 0 Å². The van der Waals surface area contributed by atoms with Crippen LogP contribution in [0.5, 0.6) is 0 Å². The molecule has 0 atom stereocenters. The topological polar surface area (TPSA) is 90.9 Å². The summed E-state index contributed by atoms with van der Waals surface area (Å²) in [7, 11) is 1.79. The number of nitro groups is 1. The van der Waals surface area contributed by atoms with Crippen LogP contribution in [0.4, 0.5) is 5.69 Å². The highest BCUT2D eigenvalue weighted by atomic mass is 79.9. The Morgan fingerprint density at radius 3 is 2.42 bits per heavy atom. The van der Waals surface area contributed by atoms with E-state index in [-0.39, 0.29) is 17.2 Å². The molecule has 1 heterocycles. The molecular weight excluding hydrogens is 420 g/mol. The lowest BCUT2D eigenvalue weighted by molar-refractivity contribution is -0.384. The zero-order valence-electron chi connectivity index (χ0n) is 13.6. The standard InChI is InChI=1S/C17H13BrN4O3S/c1-21-16(12-4-8-14(9-5-12)22(24)25)19-20-17(21)26-10-15(23)11-2-6-13(18)7-3-11/h2-9H,10H2,1H3. The average molecular weight is 433 g/mol. The number of benzene rings is 2. The Morgan fingerprint density at radius 2 is 1.81 bits per heavy atom. The van der Waals surface area contributed by atoms with Gasteiger partial charge in [-0.2, -0.15) is 0 Å². The Morgan fingerprint density at radius 1 is 1.15 bits per heavy atom. The Labute approximate surface area is 161 Å². The zero-order valence-corrected chi connectivity index (χ0v) is 16.0. The van der Waals surface area contributed by atoms with Crippen molar-refractivity contribution in [3.8, 4) is 11.4 Å². The van der Waals surface area contributed by atoms with Crippen molar-refractivity contribution >= 4 is 39.2 Å². The van der Waals surface area contributed by atoms with E-state index in [2.05, 4.69) is 26.1 Å². The molecule has 0 spiro atoms. The number of hydrogen-bond donors (Lipinski definition) is 0. The molecule has 7 nitrogen and oxygen atoms in total. The van der Waals surface area contributed by atoms with Gasteiger partial charge < -0.3 is 4.57 Å². The molecule has 0 amide bonds. The summed E-state index contributed by atoms with van der Waals surface area (Å²) in [4.78, 5) is 22.6. The largest absolute Gasteiger partial charge is 0.305 e. The number of aromatic nitrogens is 3. The quantitative estimate of drug-likeness (QED) is 0.251. The second-order valence-electron chi connectivity index (χ2n) is 5.39. The number of hydrogen-bond acceptors (Lipinski definition) is 6. The van der Waals surface area contributed by atoms with E-state index in [4.69, 9.17) is 0 Å². The predicted molar refractivity (Wildman–Crippen MR) is 102 cm³/mol. The molecule has 0 fully saturated rings. The molecule has 0 aliphatic carbocycles. The highest BCUT2D eigenvalue weighted by Crippen LogP contribution is 2.25. The fourth-order valence-electron chi connectivity index (χ4n) is 2.27. The summed E-state index contributed by atoms with van der Waals surface area (Å²) < 4.78 is 2.68. The lowest BCUT2D eigenvalue weighted by Crippen LogP contribution is -2.03. The summed E-state index contributed by atoms with van der Waals surface area (Å²) in [5.41, 5.74) is 1.38. The molecule has 26 heavy (non-hydrogen) atoms. The summed E-state index contributed by atoms with van der Waals surface area (Å²) >= 11 is 4.64. The molecule has 0 N–H and O–H groups in total. The second kappa shape index (κ2) is 7.79. The fraction of sp³-hybridized carbons (Fsp3) is 0.118. The molecule has 9 heteroatoms. The second-order valence-corrected chi connectivity index (χ2v) is 7.25. The van der Waals surface area contributed by atoms with Crippen LogP contribution in [0.25, 0.3) is 11.4 Å². The summed E-state index contributed by atoms with van der Waals surface area (Å²) in [5.74, 6) is 0.828. The van der Waals surface area contributed by atoms with Crippen LogP contribution in [0, 0.1) is 10.1 Å². The average Bonchev–Trinajstić information content (AvgIpc) is 3.01. The number of rotatable bonds is 6. The molecule has 3 aromatic rings. The lowest BCUT2D eigenvalue weighted by Gasteiger charge is -2.04. The van der Waals surface area contributed by atoms with E-state index in [1.807, 2.05) is 12.1 Å². The first-order valence-electron chi connectivity index (χ1n) is 7.51. The smallest absolute Gasteiger partial charge is 0.269 e. The van der Waals surface area contributed by atoms with Gasteiger partial charge in [0.15, 0.2) is 16.8 Å². The van der Waals surface area contributed by atoms with Gasteiger partial charge in [0.2, 0.25) is 0 Å². The van der Waals surface area contributed by atoms with Crippen LogP contribution in [0.1, 0.15) is 10.4 Å². The molecule has 0 saturated carbocycles. The van der Waals surface area contributed by atoms with Crippen LogP contribution in [0.15, 0.2) is 58.2 Å². The van der Waals surface area contributed by atoms with Crippen LogP contribution in [0.3, 0.4) is 0 Å². The third-order valence-electron chi connectivity index (χ3n) is 3.67. The molecular formula is C17H13BrN4O3S. The van der Waals surface area contributed by atoms with E-state index < -0.39 is 4.92 Å². The van der Waals surface area contributed by atoms with Crippen molar-refractivity contribution < 1.29 is 9.72 Å². The summed E-state index contributed by atoms with van der Waals surface area (Å²) in [6.45, 7) is 0. The molecule has 0 saturated heterocycles. The number of non-ortho nitro benzene ring substituents is 1. The molecule has 3 rings (SSSR count). The molecule has 0 bridgehead atoms. The SMILES string of the molecule is Cn1c(SCC(=O)c2ccc(Br)cc2)nnc1-c1ccc([N+](=O)[O-])cc1. The van der Waals surface area contributed by atoms with Crippen molar-refractivity contribution in [3.05, 3.63) is 68.7 Å². The van der Waals surface area contributed by atoms with Crippen molar-refractivity contribution in [2.75, 3.05) is 5.75 Å². The molecule has 0 aliphatic heterocycles. The number of nitro benzene ring substituents is 1. The fourth-order valence-corrected chi connectivity index (χ4v) is 3.34. The Hall–Kier alpha value is -2.52. The number of carbonyl (C=O) groups is 1. The molecule has 0 unspecified atom stereocenters. The summed E-state index contributed by atoms with van der Waals surface area (Å²) in [6.07, 6.45) is 0. The molecule has 132 valence electrons. The molecule has 2 aromatic carbocycles. The maximum Gasteiger partial charge on any atom is 0.269 e. The van der Waals surface area contributed by atoms with Gasteiger partial charge in [0.05, 0.1) is 10.7 Å². The van der Waals surface area contributed by atoms with E-state index in [1.54, 1.807) is 35.9 Å². The number of nitrogens with zero attached hydrogens (tertiary/aromatic N) is 4. The van der Waals surface area contributed by atoms with Crippen LogP contribution in [-0.2, 0) is 7.05 Å². The van der Waals surface area contributed by atoms with E-state index >= 15 is 0 Å². The minimum absolute atomic E-state index is 0.00221. The number of ketones is 1. The highest BCUT2D eigenvalue weighted by Gasteiger charge is 2.15. The summed E-state index contributed by atoms with van der Waals surface area (Å²) in [6, 6.07) is 13.3. The number of carbonyl (C=O) groups excluding carboxylic acids is 1. The Kier molecular flexibility index (Phi) is 5.48. The zero-order chi connectivity index (χ0) is 18.7. The van der Waals surface area contributed by atoms with Gasteiger partial charge in [0.25, 0.3) is 5.69 Å². The Balaban J connectivity index is 1.71. The highest BCUT2D eigenvalue weighted by molar-refractivity contribution is 9.10. The van der Waals surface area contributed by atoms with E-state index in [0.717, 1.165) is 10.0 Å². The predicted octanol–water partition coefficient (Wildman–Crippen LogP) is 4.13. The van der Waals surface area contributed by atoms with Crippen molar-refractivity contribution in [1.29, 1.82) is 0 Å². The third kappa shape index (κ3) is 4.00. The van der Waals surface area contributed by atoms with Crippen LogP contribution >= 0.6 is 27.7 Å². The number of halogens is 1. The summed E-state index contributed by atoms with van der Waals surface area (Å²) in [5, 5.41) is 19.6. The lowest BCUT2D eigenvalue weighted by atomic mass is 10.2. The first-order valence-corrected chi connectivity index (χ1v) is 9.29. The maximum absolute atomic E-state index is 12.3. The van der Waals surface area contributed by atoms with E-state index in [0.29, 0.717) is 16.5 Å². The van der Waals surface area contributed by atoms with Gasteiger partial charge >= 0.3 is 0 Å². The van der Waals surface area contributed by atoms with E-state index in [9.17, 15) is 14.9 Å². The number of thioether (sulfide) groups is 1. The Bertz CT molecular complexity index is 955. The van der Waals surface area contributed by atoms with Gasteiger partial charge in [-0.15, -0.1) is 10.2 Å². The van der Waals surface area contributed by atoms with E-state index in [1.165, 1.54) is 23.9 Å². The minimum atomic E-state index is -0.449. The monoisotopic (exact) mass is 432 g/mol. The number of Topliss-reactive ketones (excluding diaryl/α,β-unsaturated/α-hetero) is 1. The van der Waals surface area contributed by atoms with Gasteiger partial charge in [-0.3, -0.25) is 14.9 Å². The van der Waals surface area contributed by atoms with Gasteiger partial charge in [-0.1, -0.05) is 39.8 Å². The van der Waals surface area contributed by atoms with Gasteiger partial charge in [-0.05, 0) is 24.3 Å². The van der Waals surface area contributed by atoms with Crippen molar-refractivity contribution in [2.45, 2.75) is 5.16 Å². The van der Waals surface area contributed by atoms with Crippen molar-refractivity contribution in [1.82, 2.24) is 14.8 Å². The minimum Gasteiger partial charge on any atom is -0.305 e. The maximum atomic E-state index is 12.3. The van der Waals surface area contributed by atoms with Crippen molar-refractivity contribution in [3.63, 3.8) is 0 Å². The normalized spacial score (nSPS) is 10.7. The van der Waals surface area contributed by atoms with Gasteiger partial charge in [0, 0.05) is 34.8 Å². The van der Waals surface area contributed by atoms with Crippen molar-refractivity contribution in [2.24, 2.45) is 7.05 Å². The first kappa shape index (κ1) is 18.3. The molecule has 1 aromatic heterocycles. The van der Waals surface area contributed by atoms with Crippen LogP contribution in [0.2, 0.25) is 0 Å². The molecule has 0 radical (unpaired) electrons.